The number of esters is 1. The van der Waals surface area contributed by atoms with E-state index in [-0.39, 0.29) is 28.6 Å². The number of hydrogen-bond donors (Lipinski definition) is 2. The van der Waals surface area contributed by atoms with Crippen LogP contribution in [0.3, 0.4) is 0 Å². The van der Waals surface area contributed by atoms with Gasteiger partial charge < -0.3 is 16.2 Å². The first-order valence-corrected chi connectivity index (χ1v) is 8.52. The van der Waals surface area contributed by atoms with Crippen LogP contribution in [0.5, 0.6) is 0 Å². The topological polar surface area (TPSA) is 108 Å². The van der Waals surface area contributed by atoms with E-state index in [1.165, 1.54) is 7.11 Å². The molecule has 0 fully saturated rings. The van der Waals surface area contributed by atoms with Crippen LogP contribution in [0.4, 0.5) is 11.4 Å². The number of nitrogens with two attached hydrogens (primary N) is 2. The average molecular weight is 363 g/mol. The third-order valence-electron chi connectivity index (χ3n) is 4.66. The van der Waals surface area contributed by atoms with Gasteiger partial charge in [0.25, 0.3) is 0 Å². The van der Waals surface area contributed by atoms with Gasteiger partial charge in [0.15, 0.2) is 5.78 Å². The summed E-state index contributed by atoms with van der Waals surface area (Å²) in [6, 6.07) is 8.91. The number of nitrogen functional groups attached to an aromatic ring is 2. The number of aromatic nitrogens is 1. The normalized spacial score (nSPS) is 16.5. The zero-order chi connectivity index (χ0) is 19.6. The summed E-state index contributed by atoms with van der Waals surface area (Å²) in [4.78, 5) is 29.0. The Labute approximate surface area is 157 Å². The first kappa shape index (κ1) is 18.4. The largest absolute Gasteiger partial charge is 0.465 e. The van der Waals surface area contributed by atoms with Gasteiger partial charge in [-0.3, -0.25) is 9.78 Å². The summed E-state index contributed by atoms with van der Waals surface area (Å²) in [6.07, 6.45) is 5.77. The Balaban J connectivity index is 1.93. The minimum Gasteiger partial charge on any atom is -0.465 e. The van der Waals surface area contributed by atoms with Crippen LogP contribution in [-0.4, -0.2) is 23.8 Å². The Morgan fingerprint density at radius 3 is 2.63 bits per heavy atom. The van der Waals surface area contributed by atoms with Crippen molar-refractivity contribution in [2.45, 2.75) is 13.3 Å². The smallest absolute Gasteiger partial charge is 0.340 e. The fraction of sp³-hybridized carbons (Fsp3) is 0.190. The molecule has 0 amide bonds. The molecule has 1 aromatic carbocycles. The van der Waals surface area contributed by atoms with Gasteiger partial charge in [-0.2, -0.15) is 0 Å². The Hall–Kier alpha value is -3.41. The SMILES string of the molecule is COC(=O)c1cc(C2=CC(=O)C(Cc3ccccn3)C(C)=C2)cc(N)c1N. The van der Waals surface area contributed by atoms with Crippen LogP contribution in [0.25, 0.3) is 5.57 Å². The summed E-state index contributed by atoms with van der Waals surface area (Å²) < 4.78 is 4.76. The first-order chi connectivity index (χ1) is 12.9. The maximum absolute atomic E-state index is 12.7. The van der Waals surface area contributed by atoms with Crippen molar-refractivity contribution in [1.82, 2.24) is 4.98 Å². The molecule has 1 heterocycles. The molecule has 0 saturated heterocycles. The van der Waals surface area contributed by atoms with Crippen molar-refractivity contribution < 1.29 is 14.3 Å². The van der Waals surface area contributed by atoms with Gasteiger partial charge >= 0.3 is 5.97 Å². The van der Waals surface area contributed by atoms with E-state index in [0.29, 0.717) is 17.6 Å². The summed E-state index contributed by atoms with van der Waals surface area (Å²) in [6.45, 7) is 1.92. The van der Waals surface area contributed by atoms with Gasteiger partial charge in [-0.1, -0.05) is 17.7 Å². The van der Waals surface area contributed by atoms with E-state index in [1.807, 2.05) is 31.2 Å². The number of hydrogen-bond acceptors (Lipinski definition) is 6. The fourth-order valence-corrected chi connectivity index (χ4v) is 3.14. The highest BCUT2D eigenvalue weighted by atomic mass is 16.5. The summed E-state index contributed by atoms with van der Waals surface area (Å²) in [5.74, 6) is -0.835. The van der Waals surface area contributed by atoms with Gasteiger partial charge in [-0.05, 0) is 48.4 Å². The monoisotopic (exact) mass is 363 g/mol. The van der Waals surface area contributed by atoms with Crippen molar-refractivity contribution in [3.8, 4) is 0 Å². The van der Waals surface area contributed by atoms with Crippen LogP contribution in [-0.2, 0) is 16.0 Å². The number of methoxy groups -OCH3 is 1. The molecule has 1 atom stereocenters. The summed E-state index contributed by atoms with van der Waals surface area (Å²) in [5, 5.41) is 0. The van der Waals surface area contributed by atoms with Crippen molar-refractivity contribution in [2.24, 2.45) is 5.92 Å². The number of allylic oxidation sites excluding steroid dienone is 4. The molecule has 138 valence electrons. The van der Waals surface area contributed by atoms with Crippen LogP contribution >= 0.6 is 0 Å². The van der Waals surface area contributed by atoms with Crippen LogP contribution < -0.4 is 11.5 Å². The van der Waals surface area contributed by atoms with Gasteiger partial charge in [-0.25, -0.2) is 4.79 Å². The zero-order valence-corrected chi connectivity index (χ0v) is 15.2. The first-order valence-electron chi connectivity index (χ1n) is 8.52. The summed E-state index contributed by atoms with van der Waals surface area (Å²) in [7, 11) is 1.28. The molecule has 4 N–H and O–H groups in total. The number of benzene rings is 1. The second-order valence-electron chi connectivity index (χ2n) is 6.49. The highest BCUT2D eigenvalue weighted by Crippen LogP contribution is 2.32. The van der Waals surface area contributed by atoms with Gasteiger partial charge in [0.2, 0.25) is 0 Å². The lowest BCUT2D eigenvalue weighted by molar-refractivity contribution is -0.117. The maximum atomic E-state index is 12.7. The number of nitrogens with zero attached hydrogens (tertiary/aromatic N) is 1. The fourth-order valence-electron chi connectivity index (χ4n) is 3.14. The lowest BCUT2D eigenvalue weighted by atomic mass is 9.83. The number of ether oxygens (including phenoxy) is 1. The van der Waals surface area contributed by atoms with Crippen molar-refractivity contribution in [1.29, 1.82) is 0 Å². The van der Waals surface area contributed by atoms with E-state index in [0.717, 1.165) is 11.3 Å². The van der Waals surface area contributed by atoms with Gasteiger partial charge in [-0.15, -0.1) is 0 Å². The lowest BCUT2D eigenvalue weighted by Crippen LogP contribution is -2.20. The Morgan fingerprint density at radius 2 is 2.00 bits per heavy atom. The molecule has 1 unspecified atom stereocenters. The van der Waals surface area contributed by atoms with Crippen molar-refractivity contribution in [3.63, 3.8) is 0 Å². The molecular formula is C21H21N3O3. The number of pyridine rings is 1. The van der Waals surface area contributed by atoms with Crippen molar-refractivity contribution in [3.05, 3.63) is 71.1 Å². The Morgan fingerprint density at radius 1 is 1.22 bits per heavy atom. The summed E-state index contributed by atoms with van der Waals surface area (Å²) in [5.41, 5.74) is 15.6. The Kier molecular flexibility index (Phi) is 5.07. The quantitative estimate of drug-likeness (QED) is 0.639. The van der Waals surface area contributed by atoms with Gasteiger partial charge in [0.1, 0.15) is 0 Å². The number of carbonyl (C=O) groups is 2. The van der Waals surface area contributed by atoms with Crippen LogP contribution in [0.1, 0.15) is 28.5 Å². The molecule has 1 aromatic heterocycles. The van der Waals surface area contributed by atoms with E-state index in [9.17, 15) is 9.59 Å². The molecule has 0 aliphatic heterocycles. The third-order valence-corrected chi connectivity index (χ3v) is 4.66. The molecule has 0 bridgehead atoms. The molecular weight excluding hydrogens is 342 g/mol. The standard InChI is InChI=1S/C21H21N3O3/c1-12-7-13(10-19(25)16(12)11-15-5-3-4-6-24-15)14-8-17(21(26)27-2)20(23)18(22)9-14/h3-10,16H,11,22-23H2,1-2H3. The minimum atomic E-state index is -0.572. The highest BCUT2D eigenvalue weighted by molar-refractivity contribution is 6.06. The van der Waals surface area contributed by atoms with Crippen molar-refractivity contribution in [2.75, 3.05) is 18.6 Å². The molecule has 3 rings (SSSR count). The van der Waals surface area contributed by atoms with E-state index in [1.54, 1.807) is 24.4 Å². The van der Waals surface area contributed by atoms with Crippen LogP contribution in [0, 0.1) is 5.92 Å². The van der Waals surface area contributed by atoms with Gasteiger partial charge in [0, 0.05) is 24.2 Å². The molecule has 1 aliphatic carbocycles. The van der Waals surface area contributed by atoms with Crippen LogP contribution in [0.15, 0.2) is 54.3 Å². The third kappa shape index (κ3) is 3.74. The molecule has 2 aromatic rings. The van der Waals surface area contributed by atoms with E-state index in [4.69, 9.17) is 16.2 Å². The van der Waals surface area contributed by atoms with Gasteiger partial charge in [0.05, 0.1) is 24.0 Å². The number of rotatable bonds is 4. The van der Waals surface area contributed by atoms with E-state index in [2.05, 4.69) is 4.98 Å². The van der Waals surface area contributed by atoms with E-state index >= 15 is 0 Å². The zero-order valence-electron chi connectivity index (χ0n) is 15.2. The summed E-state index contributed by atoms with van der Waals surface area (Å²) >= 11 is 0. The molecule has 0 saturated carbocycles. The Bertz CT molecular complexity index is 962. The second-order valence-corrected chi connectivity index (χ2v) is 6.49. The second kappa shape index (κ2) is 7.45. The molecule has 6 heteroatoms. The minimum absolute atomic E-state index is 0.00864. The average Bonchev–Trinajstić information content (AvgIpc) is 2.66. The maximum Gasteiger partial charge on any atom is 0.340 e. The lowest BCUT2D eigenvalue weighted by Gasteiger charge is -2.21. The number of carbonyl (C=O) groups excluding carboxylic acids is 2. The number of anilines is 2. The van der Waals surface area contributed by atoms with Crippen LogP contribution in [0.2, 0.25) is 0 Å². The highest BCUT2D eigenvalue weighted by Gasteiger charge is 2.25. The predicted molar refractivity (Wildman–Crippen MR) is 105 cm³/mol. The molecule has 0 spiro atoms. The molecule has 6 nitrogen and oxygen atoms in total. The predicted octanol–water partition coefficient (Wildman–Crippen LogP) is 2.80. The molecule has 1 aliphatic rings. The number of ketones is 1. The molecule has 0 radical (unpaired) electrons. The van der Waals surface area contributed by atoms with Crippen molar-refractivity contribution >= 4 is 28.7 Å². The molecule has 27 heavy (non-hydrogen) atoms. The van der Waals surface area contributed by atoms with E-state index < -0.39 is 5.97 Å².